The number of nitrogens with one attached hydrogen (secondary N) is 1. The van der Waals surface area contributed by atoms with Crippen molar-refractivity contribution in [2.24, 2.45) is 4.99 Å². The minimum absolute atomic E-state index is 0.0167. The van der Waals surface area contributed by atoms with Gasteiger partial charge < -0.3 is 24.7 Å². The Labute approximate surface area is 159 Å². The number of carbonyl (C=O) groups excluding carboxylic acids is 2. The summed E-state index contributed by atoms with van der Waals surface area (Å²) in [6, 6.07) is 11.3. The van der Waals surface area contributed by atoms with Crippen LogP contribution in [-0.4, -0.2) is 31.3 Å². The molecule has 3 rings (SSSR count). The summed E-state index contributed by atoms with van der Waals surface area (Å²) >= 11 is 1.15. The van der Waals surface area contributed by atoms with E-state index in [2.05, 4.69) is 10.3 Å². The van der Waals surface area contributed by atoms with Crippen LogP contribution in [0, 0.1) is 0 Å². The zero-order chi connectivity index (χ0) is 19.4. The van der Waals surface area contributed by atoms with Crippen LogP contribution in [0.2, 0.25) is 0 Å². The SMILES string of the molecule is COc1ccc(OC)c(/C=C2/SC(=Nc3cccc(C(=O)[O-])c3)NC2=O)c1. The van der Waals surface area contributed by atoms with E-state index in [4.69, 9.17) is 9.47 Å². The van der Waals surface area contributed by atoms with E-state index in [0.29, 0.717) is 32.8 Å². The zero-order valence-corrected chi connectivity index (χ0v) is 15.3. The number of amides is 1. The third-order valence-corrected chi connectivity index (χ3v) is 4.60. The number of carboxylic acids is 1. The lowest BCUT2D eigenvalue weighted by atomic mass is 10.1. The Morgan fingerprint density at radius 2 is 2.00 bits per heavy atom. The Bertz CT molecular complexity index is 968. The molecule has 0 saturated carbocycles. The molecule has 1 fully saturated rings. The molecule has 7 nitrogen and oxygen atoms in total. The van der Waals surface area contributed by atoms with Gasteiger partial charge in [-0.2, -0.15) is 0 Å². The van der Waals surface area contributed by atoms with Crippen LogP contribution in [0.3, 0.4) is 0 Å². The molecule has 0 spiro atoms. The van der Waals surface area contributed by atoms with Gasteiger partial charge in [-0.15, -0.1) is 0 Å². The molecule has 0 aliphatic carbocycles. The lowest BCUT2D eigenvalue weighted by molar-refractivity contribution is -0.255. The molecule has 2 aromatic rings. The fourth-order valence-electron chi connectivity index (χ4n) is 2.39. The van der Waals surface area contributed by atoms with Gasteiger partial charge in [-0.3, -0.25) is 4.79 Å². The number of hydrogen-bond acceptors (Lipinski definition) is 7. The summed E-state index contributed by atoms with van der Waals surface area (Å²) in [6.07, 6.45) is 1.68. The Morgan fingerprint density at radius 3 is 2.70 bits per heavy atom. The van der Waals surface area contributed by atoms with Gasteiger partial charge in [0.05, 0.1) is 30.8 Å². The topological polar surface area (TPSA) is 100 Å². The molecule has 1 heterocycles. The molecule has 27 heavy (non-hydrogen) atoms. The van der Waals surface area contributed by atoms with E-state index >= 15 is 0 Å². The minimum atomic E-state index is -1.29. The molecule has 0 atom stereocenters. The highest BCUT2D eigenvalue weighted by Crippen LogP contribution is 2.32. The van der Waals surface area contributed by atoms with Crippen LogP contribution in [0.1, 0.15) is 15.9 Å². The first-order chi connectivity index (χ1) is 13.0. The highest BCUT2D eigenvalue weighted by molar-refractivity contribution is 8.18. The molecular formula is C19H15N2O5S-. The Balaban J connectivity index is 1.89. The average molecular weight is 383 g/mol. The van der Waals surface area contributed by atoms with E-state index in [1.165, 1.54) is 12.1 Å². The van der Waals surface area contributed by atoms with Crippen LogP contribution < -0.4 is 19.9 Å². The van der Waals surface area contributed by atoms with E-state index in [0.717, 1.165) is 11.8 Å². The van der Waals surface area contributed by atoms with Gasteiger partial charge in [0.25, 0.3) is 5.91 Å². The van der Waals surface area contributed by atoms with E-state index in [1.54, 1.807) is 50.6 Å². The summed E-state index contributed by atoms with van der Waals surface area (Å²) in [5.74, 6) is -0.353. The molecule has 1 amide bonds. The maximum Gasteiger partial charge on any atom is 0.264 e. The summed E-state index contributed by atoms with van der Waals surface area (Å²) in [7, 11) is 3.10. The molecule has 1 N–H and O–H groups in total. The number of aromatic carboxylic acids is 1. The molecule has 0 unspecified atom stereocenters. The zero-order valence-electron chi connectivity index (χ0n) is 14.5. The first-order valence-electron chi connectivity index (χ1n) is 7.83. The number of carboxylic acid groups (broad SMARTS) is 1. The van der Waals surface area contributed by atoms with Crippen molar-refractivity contribution in [2.45, 2.75) is 0 Å². The quantitative estimate of drug-likeness (QED) is 0.793. The van der Waals surface area contributed by atoms with Crippen LogP contribution in [0.15, 0.2) is 52.4 Å². The van der Waals surface area contributed by atoms with Crippen molar-refractivity contribution in [1.82, 2.24) is 5.32 Å². The van der Waals surface area contributed by atoms with Gasteiger partial charge in [0.1, 0.15) is 11.5 Å². The van der Waals surface area contributed by atoms with Gasteiger partial charge in [0.2, 0.25) is 0 Å². The maximum absolute atomic E-state index is 12.3. The molecule has 2 aromatic carbocycles. The van der Waals surface area contributed by atoms with Crippen LogP contribution >= 0.6 is 11.8 Å². The average Bonchev–Trinajstić information content (AvgIpc) is 3.00. The van der Waals surface area contributed by atoms with Gasteiger partial charge in [-0.1, -0.05) is 12.1 Å². The number of carbonyl (C=O) groups is 2. The number of benzene rings is 2. The van der Waals surface area contributed by atoms with Crippen LogP contribution in [0.5, 0.6) is 11.5 Å². The van der Waals surface area contributed by atoms with Gasteiger partial charge in [0.15, 0.2) is 5.17 Å². The Kier molecular flexibility index (Phi) is 5.46. The van der Waals surface area contributed by atoms with Gasteiger partial charge in [-0.05, 0) is 53.7 Å². The van der Waals surface area contributed by atoms with Crippen LogP contribution in [0.4, 0.5) is 5.69 Å². The van der Waals surface area contributed by atoms with Crippen molar-refractivity contribution < 1.29 is 24.2 Å². The molecule has 138 valence electrons. The maximum atomic E-state index is 12.3. The highest BCUT2D eigenvalue weighted by Gasteiger charge is 2.24. The third kappa shape index (κ3) is 4.29. The van der Waals surface area contributed by atoms with Crippen molar-refractivity contribution in [1.29, 1.82) is 0 Å². The molecule has 1 aliphatic rings. The molecule has 8 heteroatoms. The monoisotopic (exact) mass is 383 g/mol. The second kappa shape index (κ2) is 7.96. The number of hydrogen-bond donors (Lipinski definition) is 1. The first-order valence-corrected chi connectivity index (χ1v) is 8.65. The van der Waals surface area contributed by atoms with Crippen molar-refractivity contribution in [3.63, 3.8) is 0 Å². The summed E-state index contributed by atoms with van der Waals surface area (Å²) in [5, 5.41) is 14.0. The first kappa shape index (κ1) is 18.5. The lowest BCUT2D eigenvalue weighted by Gasteiger charge is -2.07. The van der Waals surface area contributed by atoms with E-state index in [-0.39, 0.29) is 11.5 Å². The number of methoxy groups -OCH3 is 2. The fourth-order valence-corrected chi connectivity index (χ4v) is 3.23. The molecule has 0 aromatic heterocycles. The molecular weight excluding hydrogens is 368 g/mol. The number of rotatable bonds is 5. The van der Waals surface area contributed by atoms with Gasteiger partial charge in [-0.25, -0.2) is 4.99 Å². The summed E-state index contributed by atoms with van der Waals surface area (Å²) in [4.78, 5) is 27.9. The standard InChI is InChI=1S/C19H16N2O5S/c1-25-14-6-7-15(26-2)12(9-14)10-16-17(22)21-19(27-16)20-13-5-3-4-11(8-13)18(23)24/h3-10H,1-2H3,(H,23,24)(H,20,21,22)/p-1/b16-10+. The lowest BCUT2D eigenvalue weighted by Crippen LogP contribution is -2.22. The van der Waals surface area contributed by atoms with E-state index in [9.17, 15) is 14.7 Å². The highest BCUT2D eigenvalue weighted by atomic mass is 32.2. The summed E-state index contributed by atoms with van der Waals surface area (Å²) < 4.78 is 10.5. The number of aliphatic imine (C=N–C) groups is 1. The number of amidine groups is 1. The Hall–Kier alpha value is -3.26. The molecule has 0 bridgehead atoms. The normalized spacial score (nSPS) is 16.4. The second-order valence-electron chi connectivity index (χ2n) is 5.43. The number of nitrogens with zero attached hydrogens (tertiary/aromatic N) is 1. The second-order valence-corrected chi connectivity index (χ2v) is 6.46. The number of ether oxygens (including phenoxy) is 2. The predicted octanol–water partition coefficient (Wildman–Crippen LogP) is 1.96. The van der Waals surface area contributed by atoms with Crippen molar-refractivity contribution in [2.75, 3.05) is 14.2 Å². The summed E-state index contributed by atoms with van der Waals surface area (Å²) in [6.45, 7) is 0. The van der Waals surface area contributed by atoms with Crippen molar-refractivity contribution in [3.8, 4) is 11.5 Å². The number of thioether (sulfide) groups is 1. The summed E-state index contributed by atoms with van der Waals surface area (Å²) in [5.41, 5.74) is 1.11. The van der Waals surface area contributed by atoms with E-state index < -0.39 is 5.97 Å². The third-order valence-electron chi connectivity index (χ3n) is 3.69. The minimum Gasteiger partial charge on any atom is -0.545 e. The van der Waals surface area contributed by atoms with Crippen LogP contribution in [0.25, 0.3) is 6.08 Å². The molecule has 1 aliphatic heterocycles. The Morgan fingerprint density at radius 1 is 1.19 bits per heavy atom. The van der Waals surface area contributed by atoms with E-state index in [1.807, 2.05) is 0 Å². The predicted molar refractivity (Wildman–Crippen MR) is 101 cm³/mol. The van der Waals surface area contributed by atoms with Gasteiger partial charge >= 0.3 is 0 Å². The van der Waals surface area contributed by atoms with Crippen molar-refractivity contribution in [3.05, 3.63) is 58.5 Å². The fraction of sp³-hybridized carbons (Fsp3) is 0.105. The largest absolute Gasteiger partial charge is 0.545 e. The van der Waals surface area contributed by atoms with Crippen LogP contribution in [-0.2, 0) is 4.79 Å². The van der Waals surface area contributed by atoms with Crippen molar-refractivity contribution >= 4 is 40.6 Å². The molecule has 1 saturated heterocycles. The smallest absolute Gasteiger partial charge is 0.264 e. The molecule has 0 radical (unpaired) electrons. The van der Waals surface area contributed by atoms with Gasteiger partial charge in [0, 0.05) is 5.56 Å².